The molecule has 392 valence electrons. The van der Waals surface area contributed by atoms with E-state index in [0.29, 0.717) is 12.3 Å². The SMILES string of the molecule is CC(=O)[C@@H](CC(=O)[C@H](C)NC(=O)[C@@H](CC(=O)[C@H](CC(C)C)NC(=O)[C@@H]1C[C@H](OCCCCc2ccccc2)CN1C(=O)CCOCCOCCNC(=O)[C@@H](N)CS)Cc1cnc[nH]1)[C@@H](C)OP(=O)(O)O. The molecule has 0 unspecified atom stereocenters. The number of phosphoric acid groups is 1. The maximum atomic E-state index is 14.3. The third kappa shape index (κ3) is 22.4. The van der Waals surface area contributed by atoms with Crippen molar-refractivity contribution in [1.29, 1.82) is 0 Å². The van der Waals surface area contributed by atoms with E-state index in [4.69, 9.17) is 19.9 Å². The molecule has 0 bridgehead atoms. The van der Waals surface area contributed by atoms with E-state index in [1.165, 1.54) is 36.8 Å². The molecule has 1 aromatic carbocycles. The monoisotopic (exact) mass is 1020 g/mol. The first kappa shape index (κ1) is 59.9. The number of phosphoric ester groups is 1. The van der Waals surface area contributed by atoms with E-state index in [9.17, 15) is 47.9 Å². The number of unbranched alkanes of at least 4 members (excludes halogenated alkanes) is 1. The summed E-state index contributed by atoms with van der Waals surface area (Å²) in [5, 5.41) is 8.18. The second-order valence-electron chi connectivity index (χ2n) is 18.0. The number of amides is 4. The maximum absolute atomic E-state index is 14.3. The van der Waals surface area contributed by atoms with Crippen LogP contribution in [0.5, 0.6) is 0 Å². The van der Waals surface area contributed by atoms with Crippen LogP contribution in [0, 0.1) is 17.8 Å². The van der Waals surface area contributed by atoms with Gasteiger partial charge in [-0.05, 0) is 57.9 Å². The Balaban J connectivity index is 1.70. The van der Waals surface area contributed by atoms with Crippen LogP contribution in [0.4, 0.5) is 0 Å². The zero-order chi connectivity index (χ0) is 51.8. The van der Waals surface area contributed by atoms with E-state index in [1.54, 1.807) is 0 Å². The Bertz CT molecular complexity index is 2010. The molecule has 70 heavy (non-hydrogen) atoms. The molecule has 3 rings (SSSR count). The predicted octanol–water partition coefficient (Wildman–Crippen LogP) is 2.03. The molecule has 2 aromatic rings. The first-order valence-corrected chi connectivity index (χ1v) is 26.0. The van der Waals surface area contributed by atoms with Crippen molar-refractivity contribution < 1.29 is 66.6 Å². The van der Waals surface area contributed by atoms with E-state index in [0.717, 1.165) is 26.2 Å². The second kappa shape index (κ2) is 31.2. The number of hydrogen-bond donors (Lipinski definition) is 8. The minimum absolute atomic E-state index is 0.0115. The largest absolute Gasteiger partial charge is 0.469 e. The third-order valence-corrected chi connectivity index (χ3v) is 12.8. The van der Waals surface area contributed by atoms with Gasteiger partial charge in [0.2, 0.25) is 23.6 Å². The highest BCUT2D eigenvalue weighted by molar-refractivity contribution is 7.80. The molecule has 1 saturated heterocycles. The van der Waals surface area contributed by atoms with E-state index in [2.05, 4.69) is 55.2 Å². The fraction of sp³-hybridized carbons (Fsp3) is 0.660. The molecule has 0 spiro atoms. The third-order valence-electron chi connectivity index (χ3n) is 11.8. The van der Waals surface area contributed by atoms with Crippen molar-refractivity contribution in [3.05, 3.63) is 54.1 Å². The van der Waals surface area contributed by atoms with E-state index in [1.807, 2.05) is 32.0 Å². The number of carbonyl (C=O) groups is 7. The molecule has 2 heterocycles. The molecule has 23 heteroatoms. The van der Waals surface area contributed by atoms with E-state index < -0.39 is 91.6 Å². The molecule has 0 radical (unpaired) electrons. The highest BCUT2D eigenvalue weighted by Crippen LogP contribution is 2.39. The lowest BCUT2D eigenvalue weighted by Crippen LogP contribution is -2.52. The number of nitrogens with zero attached hydrogens (tertiary/aromatic N) is 2. The van der Waals surface area contributed by atoms with Crippen LogP contribution in [-0.2, 0) is 69.7 Å². The highest BCUT2D eigenvalue weighted by Gasteiger charge is 2.41. The summed E-state index contributed by atoms with van der Waals surface area (Å²) in [5.74, 6) is -5.62. The van der Waals surface area contributed by atoms with Gasteiger partial charge in [0.15, 0.2) is 11.6 Å². The molecule has 8 atom stereocenters. The second-order valence-corrected chi connectivity index (χ2v) is 19.6. The van der Waals surface area contributed by atoms with Gasteiger partial charge in [-0.3, -0.25) is 38.1 Å². The average molecular weight is 1020 g/mol. The van der Waals surface area contributed by atoms with Gasteiger partial charge in [-0.25, -0.2) is 9.55 Å². The van der Waals surface area contributed by atoms with Crippen LogP contribution in [0.1, 0.15) is 90.8 Å². The molecule has 1 fully saturated rings. The molecular formula is C47H74N7O14PS. The molecule has 4 amide bonds. The van der Waals surface area contributed by atoms with Gasteiger partial charge in [0.05, 0.1) is 81.3 Å². The summed E-state index contributed by atoms with van der Waals surface area (Å²) >= 11 is 4.01. The number of H-pyrrole nitrogens is 1. The summed E-state index contributed by atoms with van der Waals surface area (Å²) in [5.41, 5.74) is 7.38. The van der Waals surface area contributed by atoms with Crippen molar-refractivity contribution in [2.75, 3.05) is 51.9 Å². The van der Waals surface area contributed by atoms with Crippen molar-refractivity contribution in [2.45, 2.75) is 129 Å². The van der Waals surface area contributed by atoms with E-state index in [-0.39, 0.29) is 95.1 Å². The van der Waals surface area contributed by atoms with Gasteiger partial charge in [-0.15, -0.1) is 0 Å². The number of hydrogen-bond acceptors (Lipinski definition) is 15. The summed E-state index contributed by atoms with van der Waals surface area (Å²) < 4.78 is 33.5. The van der Waals surface area contributed by atoms with Gasteiger partial charge in [0.25, 0.3) is 0 Å². The van der Waals surface area contributed by atoms with Gasteiger partial charge >= 0.3 is 7.82 Å². The van der Waals surface area contributed by atoms with Crippen LogP contribution in [0.25, 0.3) is 0 Å². The first-order chi connectivity index (χ1) is 33.2. The number of ether oxygens (including phenoxy) is 3. The fourth-order valence-corrected chi connectivity index (χ4v) is 8.65. The van der Waals surface area contributed by atoms with Crippen LogP contribution in [0.15, 0.2) is 42.9 Å². The number of imidazole rings is 1. The number of benzene rings is 1. The van der Waals surface area contributed by atoms with Gasteiger partial charge < -0.3 is 55.6 Å². The predicted molar refractivity (Wildman–Crippen MR) is 261 cm³/mol. The molecule has 8 N–H and O–H groups in total. The summed E-state index contributed by atoms with van der Waals surface area (Å²) in [7, 11) is -4.98. The summed E-state index contributed by atoms with van der Waals surface area (Å²) in [4.78, 5) is 121. The van der Waals surface area contributed by atoms with Crippen molar-refractivity contribution in [2.24, 2.45) is 23.5 Å². The molecule has 1 aromatic heterocycles. The lowest BCUT2D eigenvalue weighted by Gasteiger charge is -2.28. The van der Waals surface area contributed by atoms with E-state index >= 15 is 0 Å². The average Bonchev–Trinajstić information content (AvgIpc) is 3.99. The van der Waals surface area contributed by atoms with Crippen molar-refractivity contribution in [3.63, 3.8) is 0 Å². The van der Waals surface area contributed by atoms with Crippen molar-refractivity contribution in [3.8, 4) is 0 Å². The smallest absolute Gasteiger partial charge is 0.379 e. The molecule has 1 aliphatic heterocycles. The number of likely N-dealkylation sites (tertiary alicyclic amines) is 1. The maximum Gasteiger partial charge on any atom is 0.469 e. The quantitative estimate of drug-likeness (QED) is 0.0278. The number of nitrogens with one attached hydrogen (secondary N) is 4. The summed E-state index contributed by atoms with van der Waals surface area (Å²) in [6.45, 7) is 9.08. The molecule has 0 saturated carbocycles. The first-order valence-electron chi connectivity index (χ1n) is 23.8. The Hall–Kier alpha value is -4.38. The Morgan fingerprint density at radius 1 is 0.929 bits per heavy atom. The molecule has 21 nitrogen and oxygen atoms in total. The van der Waals surface area contributed by atoms with Crippen LogP contribution >= 0.6 is 20.5 Å². The van der Waals surface area contributed by atoms with Gasteiger partial charge in [-0.2, -0.15) is 12.6 Å². The number of Topliss-reactive ketones (excluding diaryl/α,β-unsaturated/α-hetero) is 3. The number of thiol groups is 1. The van der Waals surface area contributed by atoms with Crippen LogP contribution in [0.3, 0.4) is 0 Å². The highest BCUT2D eigenvalue weighted by atomic mass is 32.1. The van der Waals surface area contributed by atoms with Crippen molar-refractivity contribution in [1.82, 2.24) is 30.8 Å². The standard InChI is InChI=1S/C47H74N7O14PS/c1-30(2)21-40(43(57)23-35(22-36-26-49-29-51-36)45(59)52-31(3)42(56)25-38(32(4)55)33(5)68-69(62,63)64)53-47(61)41-24-37(67-16-10-9-13-34-11-7-6-8-12-34)27-54(41)44(58)14-17-65-19-20-66-18-15-50-46(60)39(48)28-70/h6-8,11-12,26,29-31,33,35,37-41,70H,9-10,13-25,27-28,48H2,1-5H3,(H,49,51)(H,50,60)(H,52,59)(H,53,61)(H2,62,63,64)/t31-,33+,35+,37-,38+,39-,40-,41-/m0/s1. The summed E-state index contributed by atoms with van der Waals surface area (Å²) in [6, 6.07) is 6.18. The Kier molecular flexibility index (Phi) is 26.7. The summed E-state index contributed by atoms with van der Waals surface area (Å²) in [6.07, 6.45) is 3.21. The number of aryl methyl sites for hydroxylation is 1. The molecule has 0 aliphatic carbocycles. The number of nitrogens with two attached hydrogens (primary N) is 1. The van der Waals surface area contributed by atoms with Crippen LogP contribution in [-0.4, -0.2) is 154 Å². The number of carbonyl (C=O) groups excluding carboxylic acids is 7. The van der Waals surface area contributed by atoms with Gasteiger partial charge in [-0.1, -0.05) is 44.2 Å². The molecule has 1 aliphatic rings. The Morgan fingerprint density at radius 3 is 2.26 bits per heavy atom. The van der Waals surface area contributed by atoms with Gasteiger partial charge in [0, 0.05) is 63.0 Å². The Morgan fingerprint density at radius 2 is 1.63 bits per heavy atom. The number of aromatic nitrogens is 2. The lowest BCUT2D eigenvalue weighted by molar-refractivity contribution is -0.140. The van der Waals surface area contributed by atoms with Crippen LogP contribution in [0.2, 0.25) is 0 Å². The Labute approximate surface area is 415 Å². The van der Waals surface area contributed by atoms with Gasteiger partial charge in [0.1, 0.15) is 11.8 Å². The minimum Gasteiger partial charge on any atom is -0.379 e. The zero-order valence-electron chi connectivity index (χ0n) is 40.9. The molecular weight excluding hydrogens is 950 g/mol. The van der Waals surface area contributed by atoms with Crippen LogP contribution < -0.4 is 21.7 Å². The number of ketones is 3. The lowest BCUT2D eigenvalue weighted by atomic mass is 9.89. The zero-order valence-corrected chi connectivity index (χ0v) is 42.7. The fourth-order valence-electron chi connectivity index (χ4n) is 7.90. The van der Waals surface area contributed by atoms with Crippen molar-refractivity contribution >= 4 is 61.4 Å². The minimum atomic E-state index is -4.98. The topological polar surface area (TPSA) is 308 Å². The number of rotatable bonds is 35. The normalized spacial score (nSPS) is 17.5. The number of aromatic amines is 1.